The van der Waals surface area contributed by atoms with Crippen LogP contribution in [0.2, 0.25) is 0 Å². The molecule has 2 aliphatic rings. The zero-order valence-electron chi connectivity index (χ0n) is 37.1. The molecule has 63 heavy (non-hydrogen) atoms. The highest BCUT2D eigenvalue weighted by atomic mass is 16.3. The van der Waals surface area contributed by atoms with Crippen molar-refractivity contribution >= 4 is 48.6 Å². The SMILES string of the molecule is C=[N+]1C=Nc2c(c(-c3ccccc3)c(-c3ccccc3)n2Cc2cccc(C#CCCCCCNC(=O)CCCCCCC(=O)N=CC(C(=O)N3CC[C@@H](O)C3)C(C)(C)C)c2)C1=N. The number of carbonyl (C=O) groups excluding carboxylic acids is 3. The number of aliphatic imine (C=N–C) groups is 2. The number of aromatic nitrogens is 1. The van der Waals surface area contributed by atoms with Gasteiger partial charge in [0.25, 0.3) is 5.84 Å². The van der Waals surface area contributed by atoms with E-state index in [0.29, 0.717) is 57.7 Å². The number of fused-ring (bicyclic) bond motifs is 1. The molecule has 0 spiro atoms. The fourth-order valence-corrected chi connectivity index (χ4v) is 8.09. The molecule has 1 saturated heterocycles. The average Bonchev–Trinajstić information content (AvgIpc) is 3.86. The largest absolute Gasteiger partial charge is 0.391 e. The molecule has 0 radical (unpaired) electrons. The zero-order valence-corrected chi connectivity index (χ0v) is 37.1. The fourth-order valence-electron chi connectivity index (χ4n) is 8.09. The molecule has 1 aromatic heterocycles. The second-order valence-corrected chi connectivity index (χ2v) is 17.6. The molecule has 3 aromatic carbocycles. The molecule has 2 atom stereocenters. The maximum Gasteiger partial charge on any atom is 0.271 e. The molecule has 3 N–H and O–H groups in total. The van der Waals surface area contributed by atoms with Crippen molar-refractivity contribution in [2.75, 3.05) is 19.6 Å². The lowest BCUT2D eigenvalue weighted by Crippen LogP contribution is -2.41. The Morgan fingerprint density at radius 3 is 2.33 bits per heavy atom. The summed E-state index contributed by atoms with van der Waals surface area (Å²) in [5.41, 5.74) is 6.43. The minimum Gasteiger partial charge on any atom is -0.391 e. The Hall–Kier alpha value is -6.25. The number of rotatable bonds is 18. The number of hydrogen-bond donors (Lipinski definition) is 3. The second-order valence-electron chi connectivity index (χ2n) is 17.6. The van der Waals surface area contributed by atoms with Crippen LogP contribution >= 0.6 is 0 Å². The molecule has 328 valence electrons. The first kappa shape index (κ1) is 46.3. The number of carbonyl (C=O) groups is 3. The lowest BCUT2D eigenvalue weighted by molar-refractivity contribution is -0.246. The quantitative estimate of drug-likeness (QED) is 0.0398. The first-order chi connectivity index (χ1) is 30.4. The molecular weight excluding hydrogens is 787 g/mol. The van der Waals surface area contributed by atoms with Gasteiger partial charge in [-0.2, -0.15) is 5.41 Å². The van der Waals surface area contributed by atoms with Gasteiger partial charge in [-0.1, -0.05) is 130 Å². The van der Waals surface area contributed by atoms with Crippen LogP contribution in [0.1, 0.15) is 108 Å². The van der Waals surface area contributed by atoms with E-state index in [4.69, 9.17) is 10.4 Å². The van der Waals surface area contributed by atoms with Crippen molar-refractivity contribution in [3.63, 3.8) is 0 Å². The summed E-state index contributed by atoms with van der Waals surface area (Å²) in [6.45, 7) is 11.9. The molecule has 3 amide bonds. The van der Waals surface area contributed by atoms with Crippen LogP contribution in [0.15, 0.2) is 94.9 Å². The number of benzene rings is 3. The van der Waals surface area contributed by atoms with Gasteiger partial charge in [-0.3, -0.25) is 14.4 Å². The topological polar surface area (TPSA) is 143 Å². The minimum atomic E-state index is -0.525. The molecule has 1 unspecified atom stereocenters. The Balaban J connectivity index is 0.905. The third kappa shape index (κ3) is 12.7. The van der Waals surface area contributed by atoms with Gasteiger partial charge >= 0.3 is 0 Å². The summed E-state index contributed by atoms with van der Waals surface area (Å²) in [7, 11) is 0. The van der Waals surface area contributed by atoms with Crippen molar-refractivity contribution in [1.29, 1.82) is 5.41 Å². The summed E-state index contributed by atoms with van der Waals surface area (Å²) in [4.78, 5) is 48.5. The Morgan fingerprint density at radius 1 is 0.937 bits per heavy atom. The van der Waals surface area contributed by atoms with Gasteiger partial charge in [-0.25, -0.2) is 9.57 Å². The van der Waals surface area contributed by atoms with E-state index in [2.05, 4.69) is 69.8 Å². The zero-order chi connectivity index (χ0) is 44.8. The first-order valence-electron chi connectivity index (χ1n) is 22.4. The van der Waals surface area contributed by atoms with Crippen molar-refractivity contribution < 1.29 is 24.1 Å². The Labute approximate surface area is 372 Å². The lowest BCUT2D eigenvalue weighted by atomic mass is 9.80. The van der Waals surface area contributed by atoms with Crippen LogP contribution in [0.4, 0.5) is 5.82 Å². The number of aliphatic hydroxyl groups is 1. The van der Waals surface area contributed by atoms with E-state index in [1.807, 2.05) is 69.3 Å². The number of hydrogen-bond acceptors (Lipinski definition) is 6. The first-order valence-corrected chi connectivity index (χ1v) is 22.4. The van der Waals surface area contributed by atoms with Crippen LogP contribution in [0.25, 0.3) is 22.4 Å². The van der Waals surface area contributed by atoms with E-state index in [1.54, 1.807) is 11.2 Å². The van der Waals surface area contributed by atoms with E-state index in [1.165, 1.54) is 10.8 Å². The average molecular weight is 849 g/mol. The molecule has 3 heterocycles. The molecule has 6 rings (SSSR count). The predicted octanol–water partition coefficient (Wildman–Crippen LogP) is 8.80. The molecular formula is C52H62N7O4+. The van der Waals surface area contributed by atoms with Crippen LogP contribution in [0.3, 0.4) is 0 Å². The minimum absolute atomic E-state index is 0.0563. The number of amides is 3. The van der Waals surface area contributed by atoms with Crippen LogP contribution < -0.4 is 5.32 Å². The summed E-state index contributed by atoms with van der Waals surface area (Å²) >= 11 is 0. The Bertz CT molecular complexity index is 2380. The van der Waals surface area contributed by atoms with Crippen molar-refractivity contribution in [1.82, 2.24) is 14.8 Å². The number of β-amino-alcohol motifs (C(OH)–C–C–N with tert-alkyl or cyclic N) is 1. The summed E-state index contributed by atoms with van der Waals surface area (Å²) in [5.74, 6) is 6.93. The monoisotopic (exact) mass is 848 g/mol. The van der Waals surface area contributed by atoms with Gasteiger partial charge in [0.1, 0.15) is 5.56 Å². The van der Waals surface area contributed by atoms with Gasteiger partial charge in [-0.15, -0.1) is 0 Å². The second kappa shape index (κ2) is 22.2. The number of nitrogens with zero attached hydrogens (tertiary/aromatic N) is 5. The third-order valence-electron chi connectivity index (χ3n) is 11.6. The van der Waals surface area contributed by atoms with Crippen molar-refractivity contribution in [2.24, 2.45) is 21.3 Å². The summed E-state index contributed by atoms with van der Waals surface area (Å²) < 4.78 is 3.72. The van der Waals surface area contributed by atoms with Gasteiger partial charge in [0, 0.05) is 63.0 Å². The third-order valence-corrected chi connectivity index (χ3v) is 11.6. The van der Waals surface area contributed by atoms with E-state index < -0.39 is 17.4 Å². The van der Waals surface area contributed by atoms with Crippen molar-refractivity contribution in [3.8, 4) is 34.2 Å². The van der Waals surface area contributed by atoms with Crippen LogP contribution in [0.5, 0.6) is 0 Å². The van der Waals surface area contributed by atoms with Crippen LogP contribution in [-0.2, 0) is 20.9 Å². The highest BCUT2D eigenvalue weighted by Gasteiger charge is 2.37. The molecule has 0 aliphatic carbocycles. The number of nitrogens with one attached hydrogen (secondary N) is 2. The molecule has 11 heteroatoms. The molecule has 0 bridgehead atoms. The van der Waals surface area contributed by atoms with Gasteiger partial charge < -0.3 is 19.9 Å². The van der Waals surface area contributed by atoms with Gasteiger partial charge in [0.05, 0.1) is 24.3 Å². The molecule has 2 aliphatic heterocycles. The van der Waals surface area contributed by atoms with Crippen molar-refractivity contribution in [3.05, 3.63) is 102 Å². The highest BCUT2D eigenvalue weighted by Crippen LogP contribution is 2.44. The Morgan fingerprint density at radius 2 is 1.63 bits per heavy atom. The van der Waals surface area contributed by atoms with E-state index >= 15 is 0 Å². The molecule has 0 saturated carbocycles. The molecule has 4 aromatic rings. The summed E-state index contributed by atoms with van der Waals surface area (Å²) in [6.07, 6.45) is 10.7. The van der Waals surface area contributed by atoms with E-state index in [0.717, 1.165) is 89.8 Å². The van der Waals surface area contributed by atoms with Crippen molar-refractivity contribution in [2.45, 2.75) is 104 Å². The number of aliphatic hydroxyl groups excluding tert-OH is 1. The predicted molar refractivity (Wildman–Crippen MR) is 253 cm³/mol. The number of amidine groups is 1. The normalized spacial score (nSPS) is 15.3. The number of unbranched alkanes of at least 4 members (excludes halogenated alkanes) is 6. The standard InChI is InChI=1S/C52H61N7O4/c1-52(2,3)43(51(63)58-32-30-42(60)36-58)34-55-45(62)29-18-8-7-17-28-44(61)54-31-19-9-5-6-12-21-38-22-20-23-39(33-38)35-59-48(41-26-15-11-16-27-41)46(40-24-13-10-14-25-40)47-49(53)57(4)37-56-50(47)59/h10-11,13-16,20,22-27,33-34,37,42-43,53,60H,4-9,17-19,28-32,35-36H2,1-3H3/p+1/t42-,43?/m1/s1. The molecule has 11 nitrogen and oxygen atoms in total. The maximum atomic E-state index is 13.0. The summed E-state index contributed by atoms with van der Waals surface area (Å²) in [5, 5.41) is 21.9. The smallest absolute Gasteiger partial charge is 0.271 e. The van der Waals surface area contributed by atoms with E-state index in [9.17, 15) is 19.5 Å². The maximum absolute atomic E-state index is 13.0. The van der Waals surface area contributed by atoms with Crippen LogP contribution in [0, 0.1) is 28.6 Å². The van der Waals surface area contributed by atoms with Crippen LogP contribution in [-0.4, -0.2) is 87.7 Å². The van der Waals surface area contributed by atoms with Gasteiger partial charge in [0.15, 0.2) is 0 Å². The lowest BCUT2D eigenvalue weighted by Gasteiger charge is -2.30. The Kier molecular flexibility index (Phi) is 16.3. The van der Waals surface area contributed by atoms with E-state index in [-0.39, 0.29) is 17.7 Å². The van der Waals surface area contributed by atoms with Gasteiger partial charge in [-0.05, 0) is 66.3 Å². The molecule has 1 fully saturated rings. The number of likely N-dealkylation sites (tertiary alicyclic amines) is 1. The summed E-state index contributed by atoms with van der Waals surface area (Å²) in [6, 6.07) is 28.8. The highest BCUT2D eigenvalue weighted by molar-refractivity contribution is 6.10. The fraction of sp³-hybridized carbons (Fsp3) is 0.404. The van der Waals surface area contributed by atoms with Gasteiger partial charge in [0.2, 0.25) is 29.9 Å².